The molecule has 20 heavy (non-hydrogen) atoms. The van der Waals surface area contributed by atoms with E-state index < -0.39 is 0 Å². The molecular weight excluding hydrogens is 272 g/mol. The van der Waals surface area contributed by atoms with Gasteiger partial charge in [-0.1, -0.05) is 45.0 Å². The number of hydrogen-bond acceptors (Lipinski definition) is 2. The van der Waals surface area contributed by atoms with Crippen molar-refractivity contribution in [3.63, 3.8) is 0 Å². The molecule has 1 aromatic rings. The first-order chi connectivity index (χ1) is 9.13. The van der Waals surface area contributed by atoms with Gasteiger partial charge in [0.05, 0.1) is 6.04 Å². The largest absolute Gasteiger partial charge is 0.333 e. The number of rotatable bonds is 3. The van der Waals surface area contributed by atoms with Gasteiger partial charge >= 0.3 is 0 Å². The van der Waals surface area contributed by atoms with Gasteiger partial charge in [0.15, 0.2) is 0 Å². The summed E-state index contributed by atoms with van der Waals surface area (Å²) in [5, 5.41) is 3.39. The van der Waals surface area contributed by atoms with Crippen LogP contribution in [0.25, 0.3) is 0 Å². The van der Waals surface area contributed by atoms with Crippen molar-refractivity contribution in [1.29, 1.82) is 0 Å². The van der Waals surface area contributed by atoms with E-state index in [-0.39, 0.29) is 30.3 Å². The van der Waals surface area contributed by atoms with Crippen LogP contribution in [0.5, 0.6) is 0 Å². The van der Waals surface area contributed by atoms with E-state index >= 15 is 0 Å². The summed E-state index contributed by atoms with van der Waals surface area (Å²) in [6.45, 7) is 8.65. The van der Waals surface area contributed by atoms with Gasteiger partial charge in [0.25, 0.3) is 0 Å². The lowest BCUT2D eigenvalue weighted by Crippen LogP contribution is -2.49. The third kappa shape index (κ3) is 3.74. The molecule has 1 saturated heterocycles. The Morgan fingerprint density at radius 3 is 2.55 bits per heavy atom. The molecule has 1 atom stereocenters. The molecule has 2 rings (SSSR count). The third-order valence-electron chi connectivity index (χ3n) is 3.79. The smallest absolute Gasteiger partial charge is 0.225 e. The van der Waals surface area contributed by atoms with E-state index in [0.717, 1.165) is 26.1 Å². The summed E-state index contributed by atoms with van der Waals surface area (Å²) in [6, 6.07) is 8.84. The van der Waals surface area contributed by atoms with Crippen LogP contribution in [0.4, 0.5) is 0 Å². The van der Waals surface area contributed by atoms with Crippen molar-refractivity contribution < 1.29 is 4.79 Å². The first-order valence-electron chi connectivity index (χ1n) is 7.23. The molecule has 1 fully saturated rings. The van der Waals surface area contributed by atoms with Crippen LogP contribution < -0.4 is 5.32 Å². The molecule has 0 aliphatic carbocycles. The topological polar surface area (TPSA) is 32.3 Å². The zero-order valence-electron chi connectivity index (χ0n) is 12.6. The molecule has 4 heteroatoms. The van der Waals surface area contributed by atoms with Crippen molar-refractivity contribution in [1.82, 2.24) is 10.2 Å². The lowest BCUT2D eigenvalue weighted by molar-refractivity contribution is -0.137. The van der Waals surface area contributed by atoms with Gasteiger partial charge in [-0.15, -0.1) is 12.4 Å². The zero-order chi connectivity index (χ0) is 13.8. The van der Waals surface area contributed by atoms with E-state index in [4.69, 9.17) is 0 Å². The van der Waals surface area contributed by atoms with Gasteiger partial charge in [-0.25, -0.2) is 0 Å². The maximum atomic E-state index is 12.3. The predicted octanol–water partition coefficient (Wildman–Crippen LogP) is 2.80. The average molecular weight is 297 g/mol. The second kappa shape index (κ2) is 7.65. The average Bonchev–Trinajstić information content (AvgIpc) is 2.46. The molecule has 0 radical (unpaired) electrons. The van der Waals surface area contributed by atoms with Crippen LogP contribution in [0.1, 0.15) is 37.9 Å². The Morgan fingerprint density at radius 2 is 2.00 bits per heavy atom. The van der Waals surface area contributed by atoms with Crippen molar-refractivity contribution in [2.75, 3.05) is 19.6 Å². The van der Waals surface area contributed by atoms with E-state index in [2.05, 4.69) is 36.5 Å². The number of halogens is 1. The van der Waals surface area contributed by atoms with E-state index in [1.807, 2.05) is 18.7 Å². The summed E-state index contributed by atoms with van der Waals surface area (Å²) in [6.07, 6.45) is 1.05. The summed E-state index contributed by atoms with van der Waals surface area (Å²) < 4.78 is 0. The quantitative estimate of drug-likeness (QED) is 0.930. The van der Waals surface area contributed by atoms with Crippen LogP contribution >= 0.6 is 12.4 Å². The van der Waals surface area contributed by atoms with Crippen LogP contribution in [-0.2, 0) is 11.2 Å². The SMILES string of the molecule is CCc1ccc(C2CNCCN2C(=O)C(C)C)cc1.Cl. The summed E-state index contributed by atoms with van der Waals surface area (Å²) in [5.41, 5.74) is 2.58. The Labute approximate surface area is 128 Å². The zero-order valence-corrected chi connectivity index (χ0v) is 13.4. The number of aryl methyl sites for hydroxylation is 1. The van der Waals surface area contributed by atoms with Crippen LogP contribution in [0.3, 0.4) is 0 Å². The number of piperazine rings is 1. The fourth-order valence-corrected chi connectivity index (χ4v) is 2.57. The molecule has 1 heterocycles. The van der Waals surface area contributed by atoms with Crippen molar-refractivity contribution in [3.8, 4) is 0 Å². The molecule has 0 saturated carbocycles. The lowest BCUT2D eigenvalue weighted by Gasteiger charge is -2.37. The monoisotopic (exact) mass is 296 g/mol. The summed E-state index contributed by atoms with van der Waals surface area (Å²) >= 11 is 0. The van der Waals surface area contributed by atoms with Gasteiger partial charge in [-0.3, -0.25) is 4.79 Å². The number of nitrogens with one attached hydrogen (secondary N) is 1. The maximum Gasteiger partial charge on any atom is 0.225 e. The summed E-state index contributed by atoms with van der Waals surface area (Å²) in [7, 11) is 0. The molecule has 1 amide bonds. The predicted molar refractivity (Wildman–Crippen MR) is 85.2 cm³/mol. The third-order valence-corrected chi connectivity index (χ3v) is 3.79. The second-order valence-electron chi connectivity index (χ2n) is 5.50. The number of amides is 1. The number of carbonyl (C=O) groups excluding carboxylic acids is 1. The van der Waals surface area contributed by atoms with Crippen LogP contribution in [-0.4, -0.2) is 30.4 Å². The van der Waals surface area contributed by atoms with Gasteiger partial charge < -0.3 is 10.2 Å². The lowest BCUT2D eigenvalue weighted by atomic mass is 9.99. The fraction of sp³-hybridized carbons (Fsp3) is 0.562. The maximum absolute atomic E-state index is 12.3. The molecular formula is C16H25ClN2O. The van der Waals surface area contributed by atoms with Gasteiger partial charge in [0.1, 0.15) is 0 Å². The molecule has 1 unspecified atom stereocenters. The Balaban J connectivity index is 0.00000200. The van der Waals surface area contributed by atoms with Crippen LogP contribution in [0.15, 0.2) is 24.3 Å². The first kappa shape index (κ1) is 17.0. The molecule has 3 nitrogen and oxygen atoms in total. The minimum Gasteiger partial charge on any atom is -0.333 e. The van der Waals surface area contributed by atoms with Gasteiger partial charge in [-0.05, 0) is 17.5 Å². The van der Waals surface area contributed by atoms with E-state index in [0.29, 0.717) is 0 Å². The fourth-order valence-electron chi connectivity index (χ4n) is 2.57. The Morgan fingerprint density at radius 1 is 1.35 bits per heavy atom. The molecule has 0 bridgehead atoms. The molecule has 1 N–H and O–H groups in total. The Kier molecular flexibility index (Phi) is 6.50. The second-order valence-corrected chi connectivity index (χ2v) is 5.50. The van der Waals surface area contributed by atoms with Crippen LogP contribution in [0.2, 0.25) is 0 Å². The molecule has 0 spiro atoms. The number of carbonyl (C=O) groups is 1. The van der Waals surface area contributed by atoms with Crippen molar-refractivity contribution in [2.24, 2.45) is 5.92 Å². The number of nitrogens with zero attached hydrogens (tertiary/aromatic N) is 1. The van der Waals surface area contributed by atoms with Crippen LogP contribution in [0, 0.1) is 5.92 Å². The van der Waals surface area contributed by atoms with Crippen molar-refractivity contribution in [3.05, 3.63) is 35.4 Å². The standard InChI is InChI=1S/C16H24N2O.ClH/c1-4-13-5-7-14(8-6-13)15-11-17-9-10-18(15)16(19)12(2)3;/h5-8,12,15,17H,4,9-11H2,1-3H3;1H. The van der Waals surface area contributed by atoms with Gasteiger partial charge in [0.2, 0.25) is 5.91 Å². The number of benzene rings is 1. The van der Waals surface area contributed by atoms with E-state index in [9.17, 15) is 4.79 Å². The molecule has 1 aliphatic heterocycles. The van der Waals surface area contributed by atoms with E-state index in [1.165, 1.54) is 11.1 Å². The highest BCUT2D eigenvalue weighted by Crippen LogP contribution is 2.24. The van der Waals surface area contributed by atoms with E-state index in [1.54, 1.807) is 0 Å². The van der Waals surface area contributed by atoms with Crippen molar-refractivity contribution >= 4 is 18.3 Å². The van der Waals surface area contributed by atoms with Gasteiger partial charge in [-0.2, -0.15) is 0 Å². The first-order valence-corrected chi connectivity index (χ1v) is 7.23. The van der Waals surface area contributed by atoms with Gasteiger partial charge in [0, 0.05) is 25.6 Å². The highest BCUT2D eigenvalue weighted by molar-refractivity contribution is 5.85. The Bertz CT molecular complexity index is 431. The van der Waals surface area contributed by atoms with Crippen molar-refractivity contribution in [2.45, 2.75) is 33.2 Å². The Hall–Kier alpha value is -1.06. The summed E-state index contributed by atoms with van der Waals surface area (Å²) in [5.74, 6) is 0.321. The number of hydrogen-bond donors (Lipinski definition) is 1. The highest BCUT2D eigenvalue weighted by atomic mass is 35.5. The minimum absolute atomic E-state index is 0. The molecule has 112 valence electrons. The minimum atomic E-state index is 0. The normalized spacial score (nSPS) is 18.8. The molecule has 0 aromatic heterocycles. The highest BCUT2D eigenvalue weighted by Gasteiger charge is 2.28. The summed E-state index contributed by atoms with van der Waals surface area (Å²) in [4.78, 5) is 14.3. The molecule has 1 aliphatic rings. The molecule has 1 aromatic carbocycles.